The Kier molecular flexibility index (Phi) is 10.6. The quantitative estimate of drug-likeness (QED) is 0.365. The number of para-hydroxylation sites is 1. The minimum Gasteiger partial charge on any atom is -0.548 e. The second kappa shape index (κ2) is 11.2. The maximum atomic E-state index is 11.3. The molecule has 0 saturated carbocycles. The van der Waals surface area contributed by atoms with Crippen LogP contribution < -0.4 is 118 Å². The van der Waals surface area contributed by atoms with E-state index in [2.05, 4.69) is 0 Å². The van der Waals surface area contributed by atoms with Crippen molar-refractivity contribution in [3.8, 4) is 0 Å². The van der Waals surface area contributed by atoms with Crippen molar-refractivity contribution >= 4 is 29.2 Å². The van der Waals surface area contributed by atoms with E-state index in [-0.39, 0.29) is 109 Å². The number of hydrogen-bond acceptors (Lipinski definition) is 7. The van der Waals surface area contributed by atoms with E-state index in [1.807, 2.05) is 0 Å². The molecule has 0 aliphatic carbocycles. The molecule has 1 atom stereocenters. The van der Waals surface area contributed by atoms with Crippen molar-refractivity contribution in [2.75, 3.05) is 5.01 Å². The summed E-state index contributed by atoms with van der Waals surface area (Å²) >= 11 is 5.97. The van der Waals surface area contributed by atoms with Crippen molar-refractivity contribution < 1.29 is 128 Å². The van der Waals surface area contributed by atoms with Crippen LogP contribution in [0.25, 0.3) is 0 Å². The molecule has 0 bridgehead atoms. The van der Waals surface area contributed by atoms with E-state index in [9.17, 15) is 24.9 Å². The Morgan fingerprint density at radius 2 is 1.70 bits per heavy atom. The van der Waals surface area contributed by atoms with Crippen LogP contribution in [-0.4, -0.2) is 28.1 Å². The molecule has 0 spiro atoms. The zero-order chi connectivity index (χ0) is 18.1. The van der Waals surface area contributed by atoms with Crippen LogP contribution in [0.2, 0.25) is 5.02 Å². The number of fused-ring (bicyclic) bond motifs is 1. The number of carbonyl (C=O) groups is 2. The van der Waals surface area contributed by atoms with Crippen LogP contribution in [0.5, 0.6) is 0 Å². The molecule has 130 valence electrons. The number of nitrogens with zero attached hydrogens (tertiary/aromatic N) is 2. The van der Waals surface area contributed by atoms with Crippen LogP contribution in [-0.2, 0) is 16.1 Å². The number of rotatable bonds is 5. The Bertz CT molecular complexity index is 824. The Balaban J connectivity index is 0.00000182. The molecule has 1 aliphatic heterocycles. The van der Waals surface area contributed by atoms with E-state index in [0.29, 0.717) is 21.8 Å². The molecule has 0 aromatic heterocycles. The van der Waals surface area contributed by atoms with E-state index >= 15 is 0 Å². The van der Waals surface area contributed by atoms with Gasteiger partial charge in [0.2, 0.25) is 0 Å². The molecule has 10 heteroatoms. The second-order valence-corrected chi connectivity index (χ2v) is 5.98. The number of anilines is 1. The summed E-state index contributed by atoms with van der Waals surface area (Å²) in [4.78, 5) is 22.7. The number of hydrogen-bond donors (Lipinski definition) is 1. The second-order valence-electron chi connectivity index (χ2n) is 5.54. The summed E-state index contributed by atoms with van der Waals surface area (Å²) in [6.07, 6.45) is -1.46. The van der Waals surface area contributed by atoms with Crippen molar-refractivity contribution in [3.05, 3.63) is 64.7 Å². The first kappa shape index (κ1) is 25.7. The number of aliphatic hydroxyl groups excluding tert-OH is 1. The predicted octanol–water partition coefficient (Wildman–Crippen LogP) is -6.56. The molecular formula is C17H13ClK2N2O5. The van der Waals surface area contributed by atoms with Crippen LogP contribution in [0, 0.1) is 0 Å². The zero-order valence-corrected chi connectivity index (χ0v) is 21.8. The average molecular weight is 439 g/mol. The first-order valence-electron chi connectivity index (χ1n) is 7.39. The normalized spacial score (nSPS) is 15.7. The molecule has 2 aromatic rings. The third-order valence-electron chi connectivity index (χ3n) is 3.95. The first-order chi connectivity index (χ1) is 11.9. The van der Waals surface area contributed by atoms with E-state index in [1.54, 1.807) is 48.5 Å². The average Bonchev–Trinajstić information content (AvgIpc) is 2.81. The molecule has 1 aliphatic rings. The van der Waals surface area contributed by atoms with Gasteiger partial charge in [0.05, 0.1) is 24.2 Å². The summed E-state index contributed by atoms with van der Waals surface area (Å²) in [6.45, 7) is 0.103. The molecular weight excluding hydrogens is 426 g/mol. The summed E-state index contributed by atoms with van der Waals surface area (Å²) in [5.74, 6) is -3.74. The summed E-state index contributed by atoms with van der Waals surface area (Å²) in [7, 11) is 0. The van der Waals surface area contributed by atoms with Gasteiger partial charge < -0.3 is 24.9 Å². The maximum absolute atomic E-state index is 11.3. The summed E-state index contributed by atoms with van der Waals surface area (Å²) in [6, 6.07) is 11.3. The molecule has 27 heavy (non-hydrogen) atoms. The Morgan fingerprint density at radius 3 is 2.30 bits per heavy atom. The number of aliphatic carboxylic acids is 2. The Hall–Kier alpha value is 0.663. The van der Waals surface area contributed by atoms with Gasteiger partial charge >= 0.3 is 103 Å². The van der Waals surface area contributed by atoms with Gasteiger partial charge in [0, 0.05) is 10.6 Å². The Labute approximate surface area is 246 Å². The summed E-state index contributed by atoms with van der Waals surface area (Å²) < 4.78 is 0. The fourth-order valence-corrected chi connectivity index (χ4v) is 3.12. The smallest absolute Gasteiger partial charge is 0.548 e. The van der Waals surface area contributed by atoms with Crippen LogP contribution in [0.15, 0.2) is 48.5 Å². The number of aliphatic hydroxyl groups is 1. The monoisotopic (exact) mass is 438 g/mol. The van der Waals surface area contributed by atoms with Crippen LogP contribution in [0.1, 0.15) is 17.4 Å². The maximum Gasteiger partial charge on any atom is 1.00 e. The van der Waals surface area contributed by atoms with Crippen molar-refractivity contribution in [3.63, 3.8) is 0 Å². The molecule has 0 fully saturated rings. The van der Waals surface area contributed by atoms with Gasteiger partial charge in [0.25, 0.3) is 0 Å². The third kappa shape index (κ3) is 5.63. The van der Waals surface area contributed by atoms with Gasteiger partial charge in [-0.25, -0.2) is 0 Å². The minimum absolute atomic E-state index is 0. The summed E-state index contributed by atoms with van der Waals surface area (Å²) in [5.41, 5.74) is 1.58. The molecule has 0 radical (unpaired) electrons. The molecule has 0 saturated heterocycles. The topological polar surface area (TPSA) is 107 Å². The molecule has 3 rings (SSSR count). The van der Waals surface area contributed by atoms with Gasteiger partial charge in [0.1, 0.15) is 6.04 Å². The van der Waals surface area contributed by atoms with Crippen molar-refractivity contribution in [1.29, 1.82) is 0 Å². The van der Waals surface area contributed by atoms with Crippen molar-refractivity contribution in [1.82, 2.24) is 5.01 Å². The molecule has 2 aromatic carbocycles. The fraction of sp³-hybridized carbons (Fsp3) is 0.176. The number of halogens is 1. The first-order valence-corrected chi connectivity index (χ1v) is 7.77. The fourth-order valence-electron chi connectivity index (χ4n) is 2.91. The van der Waals surface area contributed by atoms with Crippen molar-refractivity contribution in [2.45, 2.75) is 18.8 Å². The number of carboxylic acids is 2. The van der Waals surface area contributed by atoms with E-state index < -0.39 is 24.2 Å². The molecule has 7 nitrogen and oxygen atoms in total. The standard InChI is InChI=1S/C17H15ClN2O5.2K/c18-11-5-3-4-10(8-11)9-19-13-7-2-1-6-12(13)15(21)20(19)14(16(22)23)17(24)25;;/h1-8,14-15,21H,9H2,(H,22,23)(H,24,25);;/q;2*+1/p-2. The van der Waals surface area contributed by atoms with Gasteiger partial charge in [-0.3, -0.25) is 5.01 Å². The molecule has 1 unspecified atom stereocenters. The van der Waals surface area contributed by atoms with Crippen LogP contribution >= 0.6 is 11.6 Å². The van der Waals surface area contributed by atoms with E-state index in [4.69, 9.17) is 11.6 Å². The SMILES string of the molecule is O=C([O-])C(C(=O)[O-])N1C(O)c2ccccc2N1Cc1cccc(Cl)c1.[K+].[K+]. The van der Waals surface area contributed by atoms with Gasteiger partial charge in [-0.2, -0.15) is 5.01 Å². The Morgan fingerprint density at radius 1 is 1.07 bits per heavy atom. The zero-order valence-electron chi connectivity index (χ0n) is 14.8. The molecule has 1 N–H and O–H groups in total. The third-order valence-corrected chi connectivity index (χ3v) is 4.19. The van der Waals surface area contributed by atoms with E-state index in [0.717, 1.165) is 5.01 Å². The molecule has 1 heterocycles. The number of hydrazine groups is 1. The largest absolute Gasteiger partial charge is 1.00 e. The van der Waals surface area contributed by atoms with Gasteiger partial charge in [-0.05, 0) is 23.8 Å². The molecule has 0 amide bonds. The summed E-state index contributed by atoms with van der Waals surface area (Å²) in [5, 5.41) is 35.9. The van der Waals surface area contributed by atoms with Crippen LogP contribution in [0.4, 0.5) is 5.69 Å². The minimum atomic E-state index is -2.15. The van der Waals surface area contributed by atoms with Gasteiger partial charge in [-0.15, -0.1) is 0 Å². The number of carboxylic acid groups (broad SMARTS) is 2. The van der Waals surface area contributed by atoms with Crippen LogP contribution in [0.3, 0.4) is 0 Å². The van der Waals surface area contributed by atoms with Gasteiger partial charge in [0.15, 0.2) is 6.23 Å². The van der Waals surface area contributed by atoms with Crippen molar-refractivity contribution in [2.24, 2.45) is 0 Å². The van der Waals surface area contributed by atoms with E-state index in [1.165, 1.54) is 5.01 Å². The predicted molar refractivity (Wildman–Crippen MR) is 84.7 cm³/mol. The van der Waals surface area contributed by atoms with Gasteiger partial charge in [-0.1, -0.05) is 41.9 Å². The number of benzene rings is 2. The number of carbonyl (C=O) groups excluding carboxylic acids is 2.